The molecule has 4 heteroatoms. The molecule has 1 atom stereocenters. The molecule has 0 aliphatic carbocycles. The first kappa shape index (κ1) is 15.7. The van der Waals surface area contributed by atoms with Gasteiger partial charge in [-0.2, -0.15) is 0 Å². The van der Waals surface area contributed by atoms with Crippen LogP contribution in [0.3, 0.4) is 0 Å². The number of rotatable bonds is 5. The molecule has 21 heavy (non-hydrogen) atoms. The molecule has 0 saturated carbocycles. The number of benzene rings is 2. The molecule has 3 N–H and O–H groups in total. The zero-order valence-electron chi connectivity index (χ0n) is 12.0. The highest BCUT2D eigenvalue weighted by molar-refractivity contribution is 9.10. The standard InChI is InChI=1S/C17H19BrN2O/c1-12-6-5-9-15(16(12)18)20-17(21)14(19)11-10-13-7-3-2-4-8-13/h2-9,14H,10-11,19H2,1H3,(H,20,21)/t14-/m0/s1. The third kappa shape index (κ3) is 4.41. The van der Waals surface area contributed by atoms with Gasteiger partial charge in [0.2, 0.25) is 5.91 Å². The minimum absolute atomic E-state index is 0.155. The Balaban J connectivity index is 1.92. The lowest BCUT2D eigenvalue weighted by molar-refractivity contribution is -0.117. The van der Waals surface area contributed by atoms with Gasteiger partial charge in [-0.3, -0.25) is 4.79 Å². The van der Waals surface area contributed by atoms with Crippen molar-refractivity contribution in [3.05, 3.63) is 64.1 Å². The highest BCUT2D eigenvalue weighted by Gasteiger charge is 2.15. The second-order valence-electron chi connectivity index (χ2n) is 5.06. The van der Waals surface area contributed by atoms with Crippen LogP contribution in [0.15, 0.2) is 53.0 Å². The van der Waals surface area contributed by atoms with Crippen molar-refractivity contribution in [3.8, 4) is 0 Å². The van der Waals surface area contributed by atoms with Crippen LogP contribution in [0.5, 0.6) is 0 Å². The van der Waals surface area contributed by atoms with Crippen molar-refractivity contribution in [1.82, 2.24) is 0 Å². The van der Waals surface area contributed by atoms with Crippen molar-refractivity contribution in [2.45, 2.75) is 25.8 Å². The van der Waals surface area contributed by atoms with Crippen LogP contribution in [0.4, 0.5) is 5.69 Å². The van der Waals surface area contributed by atoms with Crippen molar-refractivity contribution in [1.29, 1.82) is 0 Å². The number of amides is 1. The lowest BCUT2D eigenvalue weighted by atomic mass is 10.1. The number of carbonyl (C=O) groups excluding carboxylic acids is 1. The summed E-state index contributed by atoms with van der Waals surface area (Å²) in [5.41, 5.74) is 9.00. The minimum Gasteiger partial charge on any atom is -0.324 e. The van der Waals surface area contributed by atoms with E-state index in [0.717, 1.165) is 22.1 Å². The molecule has 0 saturated heterocycles. The highest BCUT2D eigenvalue weighted by Crippen LogP contribution is 2.25. The monoisotopic (exact) mass is 346 g/mol. The molecule has 2 aromatic carbocycles. The summed E-state index contributed by atoms with van der Waals surface area (Å²) in [7, 11) is 0. The van der Waals surface area contributed by atoms with E-state index < -0.39 is 6.04 Å². The second-order valence-corrected chi connectivity index (χ2v) is 5.85. The largest absolute Gasteiger partial charge is 0.324 e. The molecule has 0 aliphatic rings. The van der Waals surface area contributed by atoms with Gasteiger partial charge in [0.1, 0.15) is 0 Å². The van der Waals surface area contributed by atoms with E-state index in [-0.39, 0.29) is 5.91 Å². The van der Waals surface area contributed by atoms with Gasteiger partial charge in [-0.1, -0.05) is 42.5 Å². The van der Waals surface area contributed by atoms with Crippen LogP contribution in [0.2, 0.25) is 0 Å². The summed E-state index contributed by atoms with van der Waals surface area (Å²) in [4.78, 5) is 12.1. The van der Waals surface area contributed by atoms with Gasteiger partial charge in [0, 0.05) is 4.47 Å². The van der Waals surface area contributed by atoms with E-state index in [1.54, 1.807) is 0 Å². The number of hydrogen-bond acceptors (Lipinski definition) is 2. The van der Waals surface area contributed by atoms with E-state index >= 15 is 0 Å². The number of carbonyl (C=O) groups is 1. The SMILES string of the molecule is Cc1cccc(NC(=O)[C@@H](N)CCc2ccccc2)c1Br. The number of hydrogen-bond donors (Lipinski definition) is 2. The molecule has 0 spiro atoms. The Labute approximate surface area is 133 Å². The van der Waals surface area contributed by atoms with Crippen molar-refractivity contribution in [2.75, 3.05) is 5.32 Å². The average Bonchev–Trinajstić information content (AvgIpc) is 2.50. The smallest absolute Gasteiger partial charge is 0.241 e. The third-order valence-electron chi connectivity index (χ3n) is 3.37. The Kier molecular flexibility index (Phi) is 5.53. The fourth-order valence-corrected chi connectivity index (χ4v) is 2.43. The predicted octanol–water partition coefficient (Wildman–Crippen LogP) is 3.66. The zero-order chi connectivity index (χ0) is 15.2. The third-order valence-corrected chi connectivity index (χ3v) is 4.43. The average molecular weight is 347 g/mol. The Bertz CT molecular complexity index is 613. The number of halogens is 1. The van der Waals surface area contributed by atoms with Crippen molar-refractivity contribution in [2.24, 2.45) is 5.73 Å². The molecular weight excluding hydrogens is 328 g/mol. The Morgan fingerprint density at radius 1 is 1.19 bits per heavy atom. The molecule has 3 nitrogen and oxygen atoms in total. The topological polar surface area (TPSA) is 55.1 Å². The summed E-state index contributed by atoms with van der Waals surface area (Å²) in [5.74, 6) is -0.155. The van der Waals surface area contributed by atoms with Crippen molar-refractivity contribution in [3.63, 3.8) is 0 Å². The fourth-order valence-electron chi connectivity index (χ4n) is 2.07. The first-order valence-corrected chi connectivity index (χ1v) is 7.72. The number of nitrogens with one attached hydrogen (secondary N) is 1. The maximum Gasteiger partial charge on any atom is 0.241 e. The summed E-state index contributed by atoms with van der Waals surface area (Å²) in [6, 6.07) is 15.3. The Morgan fingerprint density at radius 2 is 1.90 bits per heavy atom. The molecule has 1 amide bonds. The van der Waals surface area contributed by atoms with Gasteiger partial charge in [-0.05, 0) is 52.9 Å². The molecule has 0 bridgehead atoms. The van der Waals surface area contributed by atoms with Crippen molar-refractivity contribution >= 4 is 27.5 Å². The minimum atomic E-state index is -0.516. The molecule has 0 fully saturated rings. The number of nitrogens with two attached hydrogens (primary N) is 1. The van der Waals surface area contributed by atoms with Crippen LogP contribution in [-0.2, 0) is 11.2 Å². The summed E-state index contributed by atoms with van der Waals surface area (Å²) < 4.78 is 0.897. The Morgan fingerprint density at radius 3 is 2.62 bits per heavy atom. The summed E-state index contributed by atoms with van der Waals surface area (Å²) in [6.07, 6.45) is 1.42. The molecule has 2 aromatic rings. The van der Waals surface area contributed by atoms with Crippen LogP contribution in [0.1, 0.15) is 17.5 Å². The van der Waals surface area contributed by atoms with Gasteiger partial charge in [0.15, 0.2) is 0 Å². The van der Waals surface area contributed by atoms with Gasteiger partial charge in [0.25, 0.3) is 0 Å². The zero-order valence-corrected chi connectivity index (χ0v) is 13.6. The second kappa shape index (κ2) is 7.38. The summed E-state index contributed by atoms with van der Waals surface area (Å²) in [5, 5.41) is 2.88. The summed E-state index contributed by atoms with van der Waals surface area (Å²) >= 11 is 3.48. The predicted molar refractivity (Wildman–Crippen MR) is 90.2 cm³/mol. The number of aryl methyl sites for hydroxylation is 2. The molecule has 0 aromatic heterocycles. The maximum atomic E-state index is 12.1. The van der Waals surface area contributed by atoms with Gasteiger partial charge in [-0.15, -0.1) is 0 Å². The lowest BCUT2D eigenvalue weighted by Crippen LogP contribution is -2.36. The van der Waals surface area contributed by atoms with E-state index in [9.17, 15) is 4.79 Å². The van der Waals surface area contributed by atoms with E-state index in [0.29, 0.717) is 6.42 Å². The van der Waals surface area contributed by atoms with Crippen LogP contribution < -0.4 is 11.1 Å². The van der Waals surface area contributed by atoms with Crippen molar-refractivity contribution < 1.29 is 4.79 Å². The van der Waals surface area contributed by atoms with Gasteiger partial charge in [0.05, 0.1) is 11.7 Å². The lowest BCUT2D eigenvalue weighted by Gasteiger charge is -2.14. The summed E-state index contributed by atoms with van der Waals surface area (Å²) in [6.45, 7) is 1.98. The van der Waals surface area contributed by atoms with Crippen LogP contribution in [-0.4, -0.2) is 11.9 Å². The normalized spacial score (nSPS) is 12.0. The Hall–Kier alpha value is -1.65. The van der Waals surface area contributed by atoms with Crippen LogP contribution in [0.25, 0.3) is 0 Å². The first-order valence-electron chi connectivity index (χ1n) is 6.93. The quantitative estimate of drug-likeness (QED) is 0.867. The molecule has 0 unspecified atom stereocenters. The highest BCUT2D eigenvalue weighted by atomic mass is 79.9. The molecular formula is C17H19BrN2O. The fraction of sp³-hybridized carbons (Fsp3) is 0.235. The molecule has 110 valence electrons. The molecule has 2 rings (SSSR count). The van der Waals surface area contributed by atoms with Crippen LogP contribution >= 0.6 is 15.9 Å². The molecule has 0 heterocycles. The number of anilines is 1. The van der Waals surface area contributed by atoms with Gasteiger partial charge < -0.3 is 11.1 Å². The first-order chi connectivity index (χ1) is 10.1. The molecule has 0 radical (unpaired) electrons. The maximum absolute atomic E-state index is 12.1. The van der Waals surface area contributed by atoms with Gasteiger partial charge >= 0.3 is 0 Å². The van der Waals surface area contributed by atoms with E-state index in [2.05, 4.69) is 21.2 Å². The molecule has 0 aliphatic heterocycles. The van der Waals surface area contributed by atoms with Crippen LogP contribution in [0, 0.1) is 6.92 Å². The van der Waals surface area contributed by atoms with E-state index in [1.807, 2.05) is 55.5 Å². The van der Waals surface area contributed by atoms with Gasteiger partial charge in [-0.25, -0.2) is 0 Å². The van der Waals surface area contributed by atoms with E-state index in [1.165, 1.54) is 5.56 Å². The van der Waals surface area contributed by atoms with E-state index in [4.69, 9.17) is 5.73 Å².